The molecule has 0 spiro atoms. The molecule has 0 bridgehead atoms. The first-order valence-corrected chi connectivity index (χ1v) is 8.20. The van der Waals surface area contributed by atoms with Gasteiger partial charge in [0, 0.05) is 6.54 Å². The molecular weight excluding hydrogens is 306 g/mol. The van der Waals surface area contributed by atoms with Crippen molar-refractivity contribution in [3.05, 3.63) is 35.4 Å². The van der Waals surface area contributed by atoms with Crippen molar-refractivity contribution in [3.63, 3.8) is 0 Å². The third-order valence-corrected chi connectivity index (χ3v) is 3.58. The Morgan fingerprint density at radius 1 is 1.08 bits per heavy atom. The second-order valence-electron chi connectivity index (χ2n) is 7.98. The summed E-state index contributed by atoms with van der Waals surface area (Å²) in [6, 6.07) is 7.64. The van der Waals surface area contributed by atoms with Crippen LogP contribution < -0.4 is 5.32 Å². The molecule has 0 aliphatic rings. The lowest BCUT2D eigenvalue weighted by Gasteiger charge is -2.21. The first-order chi connectivity index (χ1) is 10.9. The average molecular weight is 335 g/mol. The van der Waals surface area contributed by atoms with E-state index in [0.29, 0.717) is 6.42 Å². The summed E-state index contributed by atoms with van der Waals surface area (Å²) in [5.74, 6) is -1.56. The fraction of sp³-hybridized carbons (Fsp3) is 0.579. The van der Waals surface area contributed by atoms with Gasteiger partial charge in [-0.3, -0.25) is 4.79 Å². The Bertz CT molecular complexity index is 565. The summed E-state index contributed by atoms with van der Waals surface area (Å²) in [4.78, 5) is 23.2. The number of carboxylic acid groups (broad SMARTS) is 1. The normalized spacial score (nSPS) is 13.2. The molecule has 0 saturated carbocycles. The van der Waals surface area contributed by atoms with Crippen LogP contribution in [0, 0.1) is 0 Å². The van der Waals surface area contributed by atoms with Crippen LogP contribution in [-0.4, -0.2) is 29.3 Å². The average Bonchev–Trinajstić information content (AvgIpc) is 2.40. The van der Waals surface area contributed by atoms with Gasteiger partial charge in [0.15, 0.2) is 0 Å². The molecule has 24 heavy (non-hydrogen) atoms. The number of carboxylic acids is 1. The number of hydrogen-bond donors (Lipinski definition) is 2. The summed E-state index contributed by atoms with van der Waals surface area (Å²) in [6.07, 6.45) is -0.224. The third kappa shape index (κ3) is 6.60. The summed E-state index contributed by atoms with van der Waals surface area (Å²) >= 11 is 0. The maximum absolute atomic E-state index is 11.6. The van der Waals surface area contributed by atoms with Gasteiger partial charge in [0.25, 0.3) is 0 Å². The molecule has 1 amide bonds. The van der Waals surface area contributed by atoms with E-state index < -0.39 is 23.6 Å². The molecular formula is C19H29NO4. The molecule has 0 fully saturated rings. The Hall–Kier alpha value is -2.04. The van der Waals surface area contributed by atoms with Crippen molar-refractivity contribution >= 4 is 12.1 Å². The molecule has 134 valence electrons. The highest BCUT2D eigenvalue weighted by Crippen LogP contribution is 2.26. The summed E-state index contributed by atoms with van der Waals surface area (Å²) in [5, 5.41) is 12.1. The summed E-state index contributed by atoms with van der Waals surface area (Å²) in [5.41, 5.74) is 1.35. The number of hydrogen-bond acceptors (Lipinski definition) is 3. The van der Waals surface area contributed by atoms with Crippen LogP contribution in [0.4, 0.5) is 4.79 Å². The van der Waals surface area contributed by atoms with Crippen LogP contribution in [0.1, 0.15) is 65.0 Å². The van der Waals surface area contributed by atoms with E-state index in [9.17, 15) is 14.7 Å². The van der Waals surface area contributed by atoms with Crippen molar-refractivity contribution < 1.29 is 19.4 Å². The van der Waals surface area contributed by atoms with E-state index in [4.69, 9.17) is 4.74 Å². The molecule has 1 aromatic rings. The van der Waals surface area contributed by atoms with Crippen molar-refractivity contribution in [2.24, 2.45) is 0 Å². The lowest BCUT2D eigenvalue weighted by Crippen LogP contribution is -2.33. The van der Waals surface area contributed by atoms with E-state index in [1.165, 1.54) is 0 Å². The minimum absolute atomic E-state index is 0.0233. The fourth-order valence-corrected chi connectivity index (χ4v) is 2.28. The number of carbonyl (C=O) groups is 2. The maximum Gasteiger partial charge on any atom is 0.407 e. The number of alkyl carbamates (subject to hydrolysis) is 1. The van der Waals surface area contributed by atoms with E-state index in [-0.39, 0.29) is 12.0 Å². The topological polar surface area (TPSA) is 75.6 Å². The highest BCUT2D eigenvalue weighted by Gasteiger charge is 2.22. The molecule has 5 nitrogen and oxygen atoms in total. The van der Waals surface area contributed by atoms with Crippen molar-refractivity contribution in [2.45, 2.75) is 64.9 Å². The van der Waals surface area contributed by atoms with Crippen LogP contribution in [0.25, 0.3) is 0 Å². The SMILES string of the molecule is CC(C)(C)OC(=O)NCCC(C(=O)O)c1ccc(C(C)(C)C)cc1. The van der Waals surface area contributed by atoms with Gasteiger partial charge < -0.3 is 15.2 Å². The highest BCUT2D eigenvalue weighted by molar-refractivity contribution is 5.76. The predicted molar refractivity (Wildman–Crippen MR) is 94.4 cm³/mol. The van der Waals surface area contributed by atoms with E-state index in [0.717, 1.165) is 11.1 Å². The number of rotatable bonds is 5. The van der Waals surface area contributed by atoms with Crippen molar-refractivity contribution in [1.29, 1.82) is 0 Å². The first kappa shape index (κ1) is 20.0. The van der Waals surface area contributed by atoms with E-state index in [1.54, 1.807) is 20.8 Å². The molecule has 0 saturated heterocycles. The Kier molecular flexibility index (Phi) is 6.41. The van der Waals surface area contributed by atoms with E-state index >= 15 is 0 Å². The van der Waals surface area contributed by atoms with Gasteiger partial charge in [-0.05, 0) is 43.7 Å². The number of benzene rings is 1. The van der Waals surface area contributed by atoms with Gasteiger partial charge in [0.05, 0.1) is 5.92 Å². The Balaban J connectivity index is 2.68. The van der Waals surface area contributed by atoms with Crippen molar-refractivity contribution in [1.82, 2.24) is 5.32 Å². The zero-order chi connectivity index (χ0) is 18.5. The predicted octanol–water partition coefficient (Wildman–Crippen LogP) is 4.07. The highest BCUT2D eigenvalue weighted by atomic mass is 16.6. The second-order valence-corrected chi connectivity index (χ2v) is 7.98. The smallest absolute Gasteiger partial charge is 0.407 e. The van der Waals surface area contributed by atoms with Crippen molar-refractivity contribution in [2.75, 3.05) is 6.54 Å². The largest absolute Gasteiger partial charge is 0.481 e. The lowest BCUT2D eigenvalue weighted by atomic mass is 9.85. The molecule has 0 aliphatic carbocycles. The molecule has 1 unspecified atom stereocenters. The van der Waals surface area contributed by atoms with Gasteiger partial charge >= 0.3 is 12.1 Å². The van der Waals surface area contributed by atoms with E-state index in [1.807, 2.05) is 24.3 Å². The Morgan fingerprint density at radius 3 is 2.04 bits per heavy atom. The molecule has 0 aromatic heterocycles. The zero-order valence-corrected chi connectivity index (χ0v) is 15.5. The molecule has 1 rings (SSSR count). The Morgan fingerprint density at radius 2 is 1.62 bits per heavy atom. The second kappa shape index (κ2) is 7.69. The van der Waals surface area contributed by atoms with Crippen LogP contribution in [-0.2, 0) is 14.9 Å². The summed E-state index contributed by atoms with van der Waals surface area (Å²) in [6.45, 7) is 11.9. The summed E-state index contributed by atoms with van der Waals surface area (Å²) in [7, 11) is 0. The molecule has 1 atom stereocenters. The number of carbonyl (C=O) groups excluding carboxylic acids is 1. The minimum atomic E-state index is -0.899. The summed E-state index contributed by atoms with van der Waals surface area (Å²) < 4.78 is 5.14. The van der Waals surface area contributed by atoms with Crippen LogP contribution >= 0.6 is 0 Å². The Labute approximate surface area is 144 Å². The van der Waals surface area contributed by atoms with Gasteiger partial charge in [-0.25, -0.2) is 4.79 Å². The first-order valence-electron chi connectivity index (χ1n) is 8.20. The number of amides is 1. The monoisotopic (exact) mass is 335 g/mol. The number of ether oxygens (including phenoxy) is 1. The van der Waals surface area contributed by atoms with Gasteiger partial charge in [-0.1, -0.05) is 45.0 Å². The van der Waals surface area contributed by atoms with Crippen LogP contribution in [0.15, 0.2) is 24.3 Å². The minimum Gasteiger partial charge on any atom is -0.481 e. The van der Waals surface area contributed by atoms with Gasteiger partial charge in [0.2, 0.25) is 0 Å². The quantitative estimate of drug-likeness (QED) is 0.850. The zero-order valence-electron chi connectivity index (χ0n) is 15.5. The standard InChI is InChI=1S/C19H29NO4/c1-18(2,3)14-9-7-13(8-10-14)15(16(21)22)11-12-20-17(23)24-19(4,5)6/h7-10,15H,11-12H2,1-6H3,(H,20,23)(H,21,22). The molecule has 0 aliphatic heterocycles. The molecule has 5 heteroatoms. The van der Waals surface area contributed by atoms with Gasteiger partial charge in [-0.2, -0.15) is 0 Å². The van der Waals surface area contributed by atoms with Gasteiger partial charge in [0.1, 0.15) is 5.60 Å². The van der Waals surface area contributed by atoms with E-state index in [2.05, 4.69) is 26.1 Å². The lowest BCUT2D eigenvalue weighted by molar-refractivity contribution is -0.139. The van der Waals surface area contributed by atoms with Crippen LogP contribution in [0.3, 0.4) is 0 Å². The van der Waals surface area contributed by atoms with Crippen molar-refractivity contribution in [3.8, 4) is 0 Å². The molecule has 1 aromatic carbocycles. The molecule has 0 radical (unpaired) electrons. The molecule has 2 N–H and O–H groups in total. The molecule has 0 heterocycles. The third-order valence-electron chi connectivity index (χ3n) is 3.58. The van der Waals surface area contributed by atoms with Crippen LogP contribution in [0.2, 0.25) is 0 Å². The maximum atomic E-state index is 11.6. The van der Waals surface area contributed by atoms with Crippen LogP contribution in [0.5, 0.6) is 0 Å². The number of nitrogens with one attached hydrogen (secondary N) is 1. The van der Waals surface area contributed by atoms with Gasteiger partial charge in [-0.15, -0.1) is 0 Å². The number of aliphatic carboxylic acids is 1. The fourth-order valence-electron chi connectivity index (χ4n) is 2.28.